The number of nitrogens with two attached hydrogens (primary N) is 1. The number of amides is 1. The molecule has 1 amide bonds. The van der Waals surface area contributed by atoms with Crippen LogP contribution in [0.4, 0.5) is 10.1 Å². The topological polar surface area (TPSA) is 78.9 Å². The van der Waals surface area contributed by atoms with Crippen LogP contribution in [-0.4, -0.2) is 5.91 Å². The maximum Gasteiger partial charge on any atom is 0.245 e. The Labute approximate surface area is 122 Å². The summed E-state index contributed by atoms with van der Waals surface area (Å²) < 4.78 is 13.7. The number of carbonyl (C=O) groups excluding carboxylic acids is 1. The molecule has 4 nitrogen and oxygen atoms in total. The molecule has 0 aromatic heterocycles. The van der Waals surface area contributed by atoms with Gasteiger partial charge in [0.05, 0.1) is 17.3 Å². The summed E-state index contributed by atoms with van der Waals surface area (Å²) in [6.07, 6.45) is 0. The lowest BCUT2D eigenvalue weighted by Crippen LogP contribution is -2.28. The Morgan fingerprint density at radius 1 is 1.29 bits per heavy atom. The molecule has 0 heterocycles. The predicted octanol–water partition coefficient (Wildman–Crippen LogP) is 2.64. The van der Waals surface area contributed by atoms with Crippen LogP contribution in [-0.2, 0) is 4.79 Å². The number of rotatable bonds is 3. The molecule has 2 rings (SSSR count). The third-order valence-corrected chi connectivity index (χ3v) is 3.07. The van der Waals surface area contributed by atoms with Gasteiger partial charge in [0.2, 0.25) is 5.91 Å². The quantitative estimate of drug-likeness (QED) is 0.908. The van der Waals surface area contributed by atoms with Crippen LogP contribution in [0.3, 0.4) is 0 Å². The number of anilines is 1. The van der Waals surface area contributed by atoms with E-state index in [1.165, 1.54) is 12.1 Å². The van der Waals surface area contributed by atoms with Crippen molar-refractivity contribution in [1.29, 1.82) is 5.26 Å². The lowest BCUT2D eigenvalue weighted by molar-refractivity contribution is -0.117. The molecule has 2 aromatic rings. The summed E-state index contributed by atoms with van der Waals surface area (Å²) in [5.41, 5.74) is 7.75. The standard InChI is InChI=1S/C16H14FN3O/c1-10-2-5-12(6-3-10)15(19)16(21)20-14-7-4-11(9-18)8-13(14)17/h2-8,15H,19H2,1H3,(H,20,21). The van der Waals surface area contributed by atoms with Gasteiger partial charge in [0.1, 0.15) is 11.9 Å². The van der Waals surface area contributed by atoms with Crippen molar-refractivity contribution in [3.63, 3.8) is 0 Å². The van der Waals surface area contributed by atoms with E-state index in [9.17, 15) is 9.18 Å². The van der Waals surface area contributed by atoms with Crippen molar-refractivity contribution in [2.75, 3.05) is 5.32 Å². The molecule has 0 saturated heterocycles. The van der Waals surface area contributed by atoms with Crippen molar-refractivity contribution in [2.45, 2.75) is 13.0 Å². The van der Waals surface area contributed by atoms with Crippen LogP contribution in [0.25, 0.3) is 0 Å². The van der Waals surface area contributed by atoms with Gasteiger partial charge < -0.3 is 11.1 Å². The molecule has 0 aliphatic rings. The minimum absolute atomic E-state index is 0.00145. The van der Waals surface area contributed by atoms with Gasteiger partial charge in [0.15, 0.2) is 0 Å². The molecule has 5 heteroatoms. The number of nitrogens with zero attached hydrogens (tertiary/aromatic N) is 1. The van der Waals surface area contributed by atoms with E-state index in [1.54, 1.807) is 12.1 Å². The second-order valence-electron chi connectivity index (χ2n) is 4.68. The first kappa shape index (κ1) is 14.7. The van der Waals surface area contributed by atoms with Gasteiger partial charge in [0.25, 0.3) is 0 Å². The Hall–Kier alpha value is -2.71. The largest absolute Gasteiger partial charge is 0.322 e. The number of nitriles is 1. The van der Waals surface area contributed by atoms with E-state index in [0.29, 0.717) is 5.56 Å². The van der Waals surface area contributed by atoms with Gasteiger partial charge in [-0.25, -0.2) is 4.39 Å². The summed E-state index contributed by atoms with van der Waals surface area (Å²) in [6, 6.07) is 12.0. The summed E-state index contributed by atoms with van der Waals surface area (Å²) in [7, 11) is 0. The SMILES string of the molecule is Cc1ccc(C(N)C(=O)Nc2ccc(C#N)cc2F)cc1. The summed E-state index contributed by atoms with van der Waals surface area (Å²) in [5.74, 6) is -1.18. The average molecular weight is 283 g/mol. The number of hydrogen-bond acceptors (Lipinski definition) is 3. The molecule has 1 atom stereocenters. The fourth-order valence-electron chi connectivity index (χ4n) is 1.82. The molecule has 0 radical (unpaired) electrons. The van der Waals surface area contributed by atoms with Gasteiger partial charge in [-0.3, -0.25) is 4.79 Å². The minimum atomic E-state index is -0.888. The van der Waals surface area contributed by atoms with E-state index >= 15 is 0 Å². The highest BCUT2D eigenvalue weighted by Gasteiger charge is 2.17. The number of halogens is 1. The normalized spacial score (nSPS) is 11.5. The van der Waals surface area contributed by atoms with Gasteiger partial charge in [-0.2, -0.15) is 5.26 Å². The molecule has 0 aliphatic heterocycles. The Morgan fingerprint density at radius 3 is 2.52 bits per heavy atom. The van der Waals surface area contributed by atoms with Crippen LogP contribution in [0.1, 0.15) is 22.7 Å². The molecular weight excluding hydrogens is 269 g/mol. The number of carbonyl (C=O) groups is 1. The first-order chi connectivity index (χ1) is 10.0. The molecule has 1 unspecified atom stereocenters. The molecule has 0 aliphatic carbocycles. The fraction of sp³-hybridized carbons (Fsp3) is 0.125. The number of nitrogens with one attached hydrogen (secondary N) is 1. The van der Waals surface area contributed by atoms with Crippen molar-refractivity contribution in [3.8, 4) is 6.07 Å². The monoisotopic (exact) mass is 283 g/mol. The van der Waals surface area contributed by atoms with Crippen molar-refractivity contribution in [2.24, 2.45) is 5.73 Å². The third-order valence-electron chi connectivity index (χ3n) is 3.07. The highest BCUT2D eigenvalue weighted by molar-refractivity contribution is 5.95. The van der Waals surface area contributed by atoms with Crippen LogP contribution in [0, 0.1) is 24.1 Å². The fourth-order valence-corrected chi connectivity index (χ4v) is 1.82. The average Bonchev–Trinajstić information content (AvgIpc) is 2.49. The zero-order chi connectivity index (χ0) is 15.4. The number of benzene rings is 2. The molecule has 2 aromatic carbocycles. The van der Waals surface area contributed by atoms with Gasteiger partial charge in [-0.15, -0.1) is 0 Å². The summed E-state index contributed by atoms with van der Waals surface area (Å²) in [4.78, 5) is 12.0. The molecule has 0 fully saturated rings. The Bertz CT molecular complexity index is 704. The van der Waals surface area contributed by atoms with Crippen molar-refractivity contribution in [3.05, 3.63) is 65.0 Å². The Balaban J connectivity index is 2.14. The smallest absolute Gasteiger partial charge is 0.245 e. The first-order valence-corrected chi connectivity index (χ1v) is 6.34. The predicted molar refractivity (Wildman–Crippen MR) is 77.9 cm³/mol. The molecule has 3 N–H and O–H groups in total. The second kappa shape index (κ2) is 6.16. The Morgan fingerprint density at radius 2 is 1.95 bits per heavy atom. The van der Waals surface area contributed by atoms with E-state index in [-0.39, 0.29) is 11.3 Å². The molecule has 0 saturated carbocycles. The van der Waals surface area contributed by atoms with Crippen molar-refractivity contribution >= 4 is 11.6 Å². The van der Waals surface area contributed by atoms with E-state index in [1.807, 2.05) is 25.1 Å². The lowest BCUT2D eigenvalue weighted by Gasteiger charge is -2.13. The molecule has 106 valence electrons. The molecule has 0 spiro atoms. The highest BCUT2D eigenvalue weighted by atomic mass is 19.1. The molecule has 21 heavy (non-hydrogen) atoms. The van der Waals surface area contributed by atoms with Crippen molar-refractivity contribution < 1.29 is 9.18 Å². The number of hydrogen-bond donors (Lipinski definition) is 2. The van der Waals surface area contributed by atoms with E-state index in [4.69, 9.17) is 11.0 Å². The summed E-state index contributed by atoms with van der Waals surface area (Å²) >= 11 is 0. The number of aryl methyl sites for hydroxylation is 1. The van der Waals surface area contributed by atoms with Gasteiger partial charge >= 0.3 is 0 Å². The molecular formula is C16H14FN3O. The van der Waals surface area contributed by atoms with Crippen LogP contribution in [0.5, 0.6) is 0 Å². The maximum atomic E-state index is 13.7. The zero-order valence-electron chi connectivity index (χ0n) is 11.4. The second-order valence-corrected chi connectivity index (χ2v) is 4.68. The molecule has 0 bridgehead atoms. The van der Waals surface area contributed by atoms with Gasteiger partial charge in [-0.05, 0) is 30.7 Å². The van der Waals surface area contributed by atoms with E-state index in [0.717, 1.165) is 11.6 Å². The van der Waals surface area contributed by atoms with E-state index < -0.39 is 17.8 Å². The van der Waals surface area contributed by atoms with Gasteiger partial charge in [-0.1, -0.05) is 29.8 Å². The van der Waals surface area contributed by atoms with Gasteiger partial charge in [0, 0.05) is 0 Å². The first-order valence-electron chi connectivity index (χ1n) is 6.34. The van der Waals surface area contributed by atoms with Crippen LogP contribution < -0.4 is 11.1 Å². The van der Waals surface area contributed by atoms with E-state index in [2.05, 4.69) is 5.32 Å². The lowest BCUT2D eigenvalue weighted by atomic mass is 10.1. The van der Waals surface area contributed by atoms with Crippen LogP contribution in [0.15, 0.2) is 42.5 Å². The minimum Gasteiger partial charge on any atom is -0.322 e. The van der Waals surface area contributed by atoms with Crippen LogP contribution in [0.2, 0.25) is 0 Å². The van der Waals surface area contributed by atoms with Crippen LogP contribution >= 0.6 is 0 Å². The van der Waals surface area contributed by atoms with Crippen molar-refractivity contribution in [1.82, 2.24) is 0 Å². The third kappa shape index (κ3) is 3.44. The highest BCUT2D eigenvalue weighted by Crippen LogP contribution is 2.18. The maximum absolute atomic E-state index is 13.7. The summed E-state index contributed by atoms with van der Waals surface area (Å²) in [6.45, 7) is 1.93. The zero-order valence-corrected chi connectivity index (χ0v) is 11.4. The summed E-state index contributed by atoms with van der Waals surface area (Å²) in [5, 5.41) is 11.1. The Kier molecular flexibility index (Phi) is 4.31.